The third-order valence-electron chi connectivity index (χ3n) is 1.06. The molecule has 10 heavy (non-hydrogen) atoms. The van der Waals surface area contributed by atoms with Gasteiger partial charge in [0.05, 0.1) is 0 Å². The highest BCUT2D eigenvalue weighted by molar-refractivity contribution is 7.99. The predicted octanol–water partition coefficient (Wildman–Crippen LogP) is 1.92. The largest absolute Gasteiger partial charge is 0.396 e. The van der Waals surface area contributed by atoms with Crippen molar-refractivity contribution in [1.82, 2.24) is 0 Å². The maximum Gasteiger partial charge on any atom is 0.0464 e. The summed E-state index contributed by atoms with van der Waals surface area (Å²) in [6.45, 7) is 8.16. The van der Waals surface area contributed by atoms with Gasteiger partial charge in [0, 0.05) is 12.4 Å². The Morgan fingerprint density at radius 3 is 2.70 bits per heavy atom. The molecule has 1 N–H and O–H groups in total. The van der Waals surface area contributed by atoms with Gasteiger partial charge in [-0.15, -0.1) is 0 Å². The Kier molecular flexibility index (Phi) is 5.84. The van der Waals surface area contributed by atoms with E-state index in [9.17, 15) is 0 Å². The van der Waals surface area contributed by atoms with Gasteiger partial charge in [-0.05, 0) is 18.6 Å². The molecule has 2 heteroatoms. The maximum atomic E-state index is 8.66. The number of thioether (sulfide) groups is 1. The predicted molar refractivity (Wildman–Crippen MR) is 48.4 cm³/mol. The van der Waals surface area contributed by atoms with Crippen molar-refractivity contribution in [3.63, 3.8) is 0 Å². The van der Waals surface area contributed by atoms with Gasteiger partial charge in [0.15, 0.2) is 0 Å². The van der Waals surface area contributed by atoms with Crippen LogP contribution in [0.2, 0.25) is 0 Å². The second-order valence-electron chi connectivity index (χ2n) is 2.76. The van der Waals surface area contributed by atoms with Crippen LogP contribution in [0.25, 0.3) is 0 Å². The van der Waals surface area contributed by atoms with Crippen LogP contribution in [0.3, 0.4) is 0 Å². The fraction of sp³-hybridized carbons (Fsp3) is 0.750. The van der Waals surface area contributed by atoms with Gasteiger partial charge in [-0.25, -0.2) is 0 Å². The zero-order chi connectivity index (χ0) is 7.98. The van der Waals surface area contributed by atoms with Crippen molar-refractivity contribution in [1.29, 1.82) is 0 Å². The van der Waals surface area contributed by atoms with E-state index in [0.29, 0.717) is 12.5 Å². The number of hydrogen-bond acceptors (Lipinski definition) is 2. The summed E-state index contributed by atoms with van der Waals surface area (Å²) >= 11 is 1.83. The monoisotopic (exact) mass is 160 g/mol. The molecule has 0 aliphatic carbocycles. The summed E-state index contributed by atoms with van der Waals surface area (Å²) in [7, 11) is 0. The fourth-order valence-electron chi connectivity index (χ4n) is 0.487. The summed E-state index contributed by atoms with van der Waals surface area (Å²) in [5, 5.41) is 8.66. The molecule has 0 spiro atoms. The first-order valence-electron chi connectivity index (χ1n) is 3.49. The quantitative estimate of drug-likeness (QED) is 0.620. The topological polar surface area (TPSA) is 20.2 Å². The number of aliphatic hydroxyl groups excluding tert-OH is 1. The van der Waals surface area contributed by atoms with Crippen molar-refractivity contribution in [3.8, 4) is 0 Å². The standard InChI is InChI=1S/C8H16OS/c1-7(2)5-10-6-8(3)4-9/h8-9H,1,4-6H2,2-3H3. The first-order chi connectivity index (χ1) is 4.66. The van der Waals surface area contributed by atoms with Crippen molar-refractivity contribution < 1.29 is 5.11 Å². The first kappa shape index (κ1) is 10.0. The van der Waals surface area contributed by atoms with Crippen molar-refractivity contribution in [2.45, 2.75) is 13.8 Å². The third-order valence-corrected chi connectivity index (χ3v) is 2.56. The Labute approximate surface area is 67.5 Å². The third kappa shape index (κ3) is 6.17. The lowest BCUT2D eigenvalue weighted by Crippen LogP contribution is -2.03. The van der Waals surface area contributed by atoms with Gasteiger partial charge < -0.3 is 5.11 Å². The summed E-state index contributed by atoms with van der Waals surface area (Å²) < 4.78 is 0. The Morgan fingerprint density at radius 1 is 1.70 bits per heavy atom. The van der Waals surface area contributed by atoms with Crippen LogP contribution in [-0.4, -0.2) is 23.2 Å². The van der Waals surface area contributed by atoms with Crippen molar-refractivity contribution >= 4 is 11.8 Å². The second-order valence-corrected chi connectivity index (χ2v) is 3.79. The average molecular weight is 160 g/mol. The molecule has 0 bridgehead atoms. The van der Waals surface area contributed by atoms with Gasteiger partial charge in [0.2, 0.25) is 0 Å². The summed E-state index contributed by atoms with van der Waals surface area (Å²) in [6, 6.07) is 0. The lowest BCUT2D eigenvalue weighted by molar-refractivity contribution is 0.250. The number of aliphatic hydroxyl groups is 1. The zero-order valence-electron chi connectivity index (χ0n) is 6.76. The lowest BCUT2D eigenvalue weighted by atomic mass is 10.2. The summed E-state index contributed by atoms with van der Waals surface area (Å²) in [5.41, 5.74) is 1.20. The Morgan fingerprint density at radius 2 is 2.30 bits per heavy atom. The normalized spacial score (nSPS) is 13.1. The minimum absolute atomic E-state index is 0.295. The molecule has 0 rings (SSSR count). The molecule has 0 aromatic rings. The van der Waals surface area contributed by atoms with Crippen LogP contribution in [0, 0.1) is 5.92 Å². The molecule has 0 radical (unpaired) electrons. The molecule has 60 valence electrons. The molecule has 0 amide bonds. The molecule has 0 aromatic heterocycles. The molecule has 0 saturated heterocycles. The van der Waals surface area contributed by atoms with Gasteiger partial charge in [0.1, 0.15) is 0 Å². The fourth-order valence-corrected chi connectivity index (χ4v) is 1.46. The molecular formula is C8H16OS. The highest BCUT2D eigenvalue weighted by atomic mass is 32.2. The Bertz CT molecular complexity index is 101. The van der Waals surface area contributed by atoms with Crippen LogP contribution in [0.15, 0.2) is 12.2 Å². The van der Waals surface area contributed by atoms with E-state index >= 15 is 0 Å². The van der Waals surface area contributed by atoms with Crippen molar-refractivity contribution in [3.05, 3.63) is 12.2 Å². The Hall–Kier alpha value is 0.0500. The summed E-state index contributed by atoms with van der Waals surface area (Å²) in [6.07, 6.45) is 0. The van der Waals surface area contributed by atoms with Crippen LogP contribution < -0.4 is 0 Å². The van der Waals surface area contributed by atoms with E-state index < -0.39 is 0 Å². The van der Waals surface area contributed by atoms with E-state index in [-0.39, 0.29) is 0 Å². The lowest BCUT2D eigenvalue weighted by Gasteiger charge is -2.05. The van der Waals surface area contributed by atoms with E-state index in [4.69, 9.17) is 5.11 Å². The molecular weight excluding hydrogens is 144 g/mol. The van der Waals surface area contributed by atoms with Crippen LogP contribution >= 0.6 is 11.8 Å². The van der Waals surface area contributed by atoms with Crippen LogP contribution in [0.1, 0.15) is 13.8 Å². The molecule has 0 aromatic carbocycles. The van der Waals surface area contributed by atoms with Crippen molar-refractivity contribution in [2.75, 3.05) is 18.1 Å². The van der Waals surface area contributed by atoms with Crippen LogP contribution in [0.5, 0.6) is 0 Å². The van der Waals surface area contributed by atoms with E-state index in [1.165, 1.54) is 5.57 Å². The summed E-state index contributed by atoms with van der Waals surface area (Å²) in [4.78, 5) is 0. The smallest absolute Gasteiger partial charge is 0.0464 e. The van der Waals surface area contributed by atoms with Gasteiger partial charge in [-0.1, -0.05) is 19.1 Å². The van der Waals surface area contributed by atoms with E-state index in [2.05, 4.69) is 6.58 Å². The van der Waals surface area contributed by atoms with E-state index in [1.54, 1.807) is 0 Å². The molecule has 1 atom stereocenters. The molecule has 1 nitrogen and oxygen atoms in total. The highest BCUT2D eigenvalue weighted by Gasteiger charge is 1.98. The van der Waals surface area contributed by atoms with Crippen molar-refractivity contribution in [2.24, 2.45) is 5.92 Å². The van der Waals surface area contributed by atoms with Gasteiger partial charge in [0.25, 0.3) is 0 Å². The van der Waals surface area contributed by atoms with E-state index in [0.717, 1.165) is 11.5 Å². The Balaban J connectivity index is 3.11. The summed E-state index contributed by atoms with van der Waals surface area (Å²) in [5.74, 6) is 2.47. The molecule has 0 saturated carbocycles. The SMILES string of the molecule is C=C(C)CSCC(C)CO. The zero-order valence-corrected chi connectivity index (χ0v) is 7.58. The van der Waals surface area contributed by atoms with Crippen LogP contribution in [0.4, 0.5) is 0 Å². The van der Waals surface area contributed by atoms with Gasteiger partial charge in [-0.3, -0.25) is 0 Å². The van der Waals surface area contributed by atoms with Crippen LogP contribution in [-0.2, 0) is 0 Å². The molecule has 0 aliphatic heterocycles. The maximum absolute atomic E-state index is 8.66. The highest BCUT2D eigenvalue weighted by Crippen LogP contribution is 2.10. The second kappa shape index (κ2) is 5.81. The first-order valence-corrected chi connectivity index (χ1v) is 4.65. The molecule has 0 heterocycles. The average Bonchev–Trinajstić information content (AvgIpc) is 1.87. The van der Waals surface area contributed by atoms with Gasteiger partial charge >= 0.3 is 0 Å². The van der Waals surface area contributed by atoms with Gasteiger partial charge in [-0.2, -0.15) is 11.8 Å². The number of hydrogen-bond donors (Lipinski definition) is 1. The minimum Gasteiger partial charge on any atom is -0.396 e. The molecule has 0 fully saturated rings. The minimum atomic E-state index is 0.295. The van der Waals surface area contributed by atoms with E-state index in [1.807, 2.05) is 25.6 Å². The number of rotatable bonds is 5. The molecule has 0 aliphatic rings. The molecule has 1 unspecified atom stereocenters.